The van der Waals surface area contributed by atoms with Gasteiger partial charge in [0.15, 0.2) is 10.0 Å². The number of aliphatic hydroxyl groups is 1. The van der Waals surface area contributed by atoms with E-state index >= 15 is 0 Å². The lowest BCUT2D eigenvalue weighted by atomic mass is 9.90. The summed E-state index contributed by atoms with van der Waals surface area (Å²) in [4.78, 5) is 27.2. The molecule has 1 aromatic heterocycles. The van der Waals surface area contributed by atoms with Crippen molar-refractivity contribution in [3.63, 3.8) is 0 Å². The molecule has 2 N–H and O–H groups in total. The largest absolute Gasteiger partial charge is 0.476 e. The molecule has 1 saturated carbocycles. The van der Waals surface area contributed by atoms with Crippen LogP contribution in [0.1, 0.15) is 68.8 Å². The molecule has 1 aliphatic carbocycles. The fraction of sp³-hybridized carbons (Fsp3) is 0.667. The number of nitrogens with zero attached hydrogens (tertiary/aromatic N) is 1. The van der Waals surface area contributed by atoms with Gasteiger partial charge in [-0.2, -0.15) is 0 Å². The second-order valence-electron chi connectivity index (χ2n) is 7.85. The first-order chi connectivity index (χ1) is 13.8. The minimum absolute atomic E-state index is 0.0211. The summed E-state index contributed by atoms with van der Waals surface area (Å²) in [5.74, 6) is 0.147. The molecule has 0 saturated heterocycles. The summed E-state index contributed by atoms with van der Waals surface area (Å²) in [5, 5.41) is 20.9. The maximum Gasteiger partial charge on any atom is 0.355 e. The SMILES string of the molecule is CC(O)(C/C=C/[C@@H]1CCC(=O)[C@@H]1CCSc1nc(C(=O)O)cs1)CCCCCF. The molecule has 0 aromatic carbocycles. The number of aromatic carboxylic acids is 1. The van der Waals surface area contributed by atoms with Crippen LogP contribution in [0.25, 0.3) is 0 Å². The quantitative estimate of drug-likeness (QED) is 0.249. The maximum atomic E-state index is 12.3. The number of thiazole rings is 1. The van der Waals surface area contributed by atoms with Crippen LogP contribution in [-0.4, -0.2) is 45.0 Å². The number of allylic oxidation sites excluding steroid dienone is 1. The molecule has 2 rings (SSSR count). The van der Waals surface area contributed by atoms with E-state index in [0.29, 0.717) is 30.0 Å². The van der Waals surface area contributed by atoms with Crippen LogP contribution in [0.5, 0.6) is 0 Å². The van der Waals surface area contributed by atoms with Gasteiger partial charge in [0, 0.05) is 23.5 Å². The Morgan fingerprint density at radius 1 is 1.45 bits per heavy atom. The molecule has 0 amide bonds. The van der Waals surface area contributed by atoms with E-state index in [9.17, 15) is 19.1 Å². The van der Waals surface area contributed by atoms with Crippen molar-refractivity contribution in [2.45, 2.75) is 68.2 Å². The van der Waals surface area contributed by atoms with Gasteiger partial charge in [-0.1, -0.05) is 36.8 Å². The number of ketones is 1. The summed E-state index contributed by atoms with van der Waals surface area (Å²) in [6.07, 6.45) is 9.55. The van der Waals surface area contributed by atoms with Gasteiger partial charge >= 0.3 is 5.97 Å². The van der Waals surface area contributed by atoms with Crippen LogP contribution < -0.4 is 0 Å². The van der Waals surface area contributed by atoms with Gasteiger partial charge in [0.1, 0.15) is 5.78 Å². The smallest absolute Gasteiger partial charge is 0.355 e. The van der Waals surface area contributed by atoms with Crippen molar-refractivity contribution in [2.24, 2.45) is 11.8 Å². The zero-order valence-electron chi connectivity index (χ0n) is 16.8. The van der Waals surface area contributed by atoms with Crippen LogP contribution in [0, 0.1) is 11.8 Å². The molecule has 1 aromatic rings. The van der Waals surface area contributed by atoms with Gasteiger partial charge in [0.05, 0.1) is 12.3 Å². The molecular formula is C21H30FNO4S2. The Bertz CT molecular complexity index is 705. The van der Waals surface area contributed by atoms with E-state index in [1.54, 1.807) is 6.92 Å². The van der Waals surface area contributed by atoms with E-state index in [1.807, 2.05) is 6.08 Å². The van der Waals surface area contributed by atoms with Crippen LogP contribution in [-0.2, 0) is 4.79 Å². The zero-order valence-corrected chi connectivity index (χ0v) is 18.4. The number of thioether (sulfide) groups is 1. The highest BCUT2D eigenvalue weighted by Crippen LogP contribution is 2.35. The Hall–Kier alpha value is -1.25. The minimum Gasteiger partial charge on any atom is -0.476 e. The topological polar surface area (TPSA) is 87.5 Å². The van der Waals surface area contributed by atoms with Gasteiger partial charge in [-0.05, 0) is 44.9 Å². The Morgan fingerprint density at radius 3 is 2.93 bits per heavy atom. The molecule has 0 aliphatic heterocycles. The summed E-state index contributed by atoms with van der Waals surface area (Å²) in [6, 6.07) is 0. The lowest BCUT2D eigenvalue weighted by Crippen LogP contribution is -2.23. The molecule has 1 heterocycles. The average molecular weight is 444 g/mol. The Kier molecular flexibility index (Phi) is 9.79. The van der Waals surface area contributed by atoms with E-state index in [0.717, 1.165) is 31.4 Å². The van der Waals surface area contributed by atoms with Crippen molar-refractivity contribution in [3.8, 4) is 0 Å². The highest BCUT2D eigenvalue weighted by molar-refractivity contribution is 8.01. The van der Waals surface area contributed by atoms with Gasteiger partial charge in [-0.15, -0.1) is 11.3 Å². The fourth-order valence-corrected chi connectivity index (χ4v) is 5.50. The monoisotopic (exact) mass is 443 g/mol. The number of halogens is 1. The maximum absolute atomic E-state index is 12.3. The van der Waals surface area contributed by atoms with E-state index in [-0.39, 0.29) is 30.0 Å². The lowest BCUT2D eigenvalue weighted by molar-refractivity contribution is -0.121. The number of carboxylic acids is 1. The number of hydrogen-bond donors (Lipinski definition) is 2. The first kappa shape index (κ1) is 24.0. The minimum atomic E-state index is -1.03. The van der Waals surface area contributed by atoms with E-state index in [4.69, 9.17) is 5.11 Å². The van der Waals surface area contributed by atoms with Gasteiger partial charge in [-0.3, -0.25) is 9.18 Å². The normalized spacial score (nSPS) is 21.7. The summed E-state index contributed by atoms with van der Waals surface area (Å²) < 4.78 is 12.9. The Morgan fingerprint density at radius 2 is 2.24 bits per heavy atom. The second-order valence-corrected chi connectivity index (χ2v) is 10.0. The van der Waals surface area contributed by atoms with Gasteiger partial charge < -0.3 is 10.2 Å². The molecule has 162 valence electrons. The fourth-order valence-electron chi connectivity index (χ4n) is 3.61. The van der Waals surface area contributed by atoms with E-state index in [2.05, 4.69) is 11.1 Å². The highest BCUT2D eigenvalue weighted by Gasteiger charge is 2.32. The highest BCUT2D eigenvalue weighted by atomic mass is 32.2. The molecular weight excluding hydrogens is 413 g/mol. The number of carbonyl (C=O) groups excluding carboxylic acids is 1. The van der Waals surface area contributed by atoms with Gasteiger partial charge in [0.2, 0.25) is 0 Å². The number of alkyl halides is 1. The molecule has 1 fully saturated rings. The third-order valence-electron chi connectivity index (χ3n) is 5.30. The van der Waals surface area contributed by atoms with Crippen LogP contribution in [0.15, 0.2) is 21.9 Å². The molecule has 0 radical (unpaired) electrons. The van der Waals surface area contributed by atoms with Crippen molar-refractivity contribution >= 4 is 34.9 Å². The van der Waals surface area contributed by atoms with E-state index in [1.165, 1.54) is 28.5 Å². The number of aromatic nitrogens is 1. The number of hydrogen-bond acceptors (Lipinski definition) is 6. The molecule has 1 unspecified atom stereocenters. The third-order valence-corrected chi connectivity index (χ3v) is 7.36. The predicted octanol–water partition coefficient (Wildman–Crippen LogP) is 5.15. The van der Waals surface area contributed by atoms with Gasteiger partial charge in [-0.25, -0.2) is 9.78 Å². The number of unbranched alkanes of at least 4 members (excludes halogenated alkanes) is 2. The van der Waals surface area contributed by atoms with Crippen molar-refractivity contribution in [1.82, 2.24) is 4.98 Å². The van der Waals surface area contributed by atoms with Crippen LogP contribution >= 0.6 is 23.1 Å². The van der Waals surface area contributed by atoms with Crippen LogP contribution in [0.3, 0.4) is 0 Å². The van der Waals surface area contributed by atoms with Crippen LogP contribution in [0.4, 0.5) is 4.39 Å². The summed E-state index contributed by atoms with van der Waals surface area (Å²) in [7, 11) is 0. The van der Waals surface area contributed by atoms with E-state index < -0.39 is 11.6 Å². The lowest BCUT2D eigenvalue weighted by Gasteiger charge is -2.22. The molecule has 3 atom stereocenters. The summed E-state index contributed by atoms with van der Waals surface area (Å²) in [6.45, 7) is 1.50. The number of carboxylic acid groups (broad SMARTS) is 1. The molecule has 29 heavy (non-hydrogen) atoms. The first-order valence-electron chi connectivity index (χ1n) is 10.1. The number of rotatable bonds is 13. The molecule has 1 aliphatic rings. The second kappa shape index (κ2) is 11.8. The third kappa shape index (κ3) is 8.18. The zero-order chi connectivity index (χ0) is 21.3. The van der Waals surface area contributed by atoms with Crippen molar-refractivity contribution in [1.29, 1.82) is 0 Å². The Labute approximate surface area is 179 Å². The van der Waals surface area contributed by atoms with Gasteiger partial charge in [0.25, 0.3) is 0 Å². The van der Waals surface area contributed by atoms with Crippen LogP contribution in [0.2, 0.25) is 0 Å². The number of Topliss-reactive ketones (excluding diaryl/α,β-unsaturated/α-hetero) is 1. The Balaban J connectivity index is 1.78. The summed E-state index contributed by atoms with van der Waals surface area (Å²) >= 11 is 2.80. The summed E-state index contributed by atoms with van der Waals surface area (Å²) in [5.41, 5.74) is -0.736. The average Bonchev–Trinajstić information content (AvgIpc) is 3.27. The molecule has 0 bridgehead atoms. The standard InChI is InChI=1S/C21H30FNO4S2/c1-21(27,10-3-2-4-12-22)11-5-6-15-7-8-18(24)16(15)9-13-28-20-23-17(14-29-20)19(25)26/h5-6,14-16,27H,2-4,7-13H2,1H3,(H,25,26)/b6-5+/t15-,16-,21?/m1/s1. The predicted molar refractivity (Wildman–Crippen MR) is 114 cm³/mol. The molecule has 8 heteroatoms. The van der Waals surface area contributed by atoms with Crippen molar-refractivity contribution in [3.05, 3.63) is 23.2 Å². The first-order valence-corrected chi connectivity index (χ1v) is 12.0. The van der Waals surface area contributed by atoms with Crippen molar-refractivity contribution < 1.29 is 24.2 Å². The van der Waals surface area contributed by atoms with Crippen molar-refractivity contribution in [2.75, 3.05) is 12.4 Å². The number of carbonyl (C=O) groups is 2. The molecule has 5 nitrogen and oxygen atoms in total. The molecule has 0 spiro atoms.